The largest absolute Gasteiger partial charge is 0.416 e. The zero-order valence-corrected chi connectivity index (χ0v) is 8.99. The monoisotopic (exact) mass is 238 g/mol. The number of hydrogen-bond donors (Lipinski definition) is 0. The average molecular weight is 238 g/mol. The lowest BCUT2D eigenvalue weighted by atomic mass is 10.1. The van der Waals surface area contributed by atoms with Crippen molar-refractivity contribution < 1.29 is 13.2 Å². The summed E-state index contributed by atoms with van der Waals surface area (Å²) in [6, 6.07) is 5.11. The molecule has 5 heteroatoms. The van der Waals surface area contributed by atoms with Crippen LogP contribution in [0.5, 0.6) is 0 Å². The summed E-state index contributed by atoms with van der Waals surface area (Å²) in [5.41, 5.74) is 1.03. The van der Waals surface area contributed by atoms with Gasteiger partial charge in [0.25, 0.3) is 0 Å². The number of benzene rings is 1. The second kappa shape index (κ2) is 4.16. The molecule has 2 rings (SSSR count). The molecule has 1 aromatic carbocycles. The SMILES string of the molecule is Cc1cncnc1-c1cccc(C(F)(F)F)c1. The van der Waals surface area contributed by atoms with Gasteiger partial charge in [-0.2, -0.15) is 13.2 Å². The lowest BCUT2D eigenvalue weighted by molar-refractivity contribution is -0.137. The first-order chi connectivity index (χ1) is 7.98. The Morgan fingerprint density at radius 2 is 1.94 bits per heavy atom. The first kappa shape index (κ1) is 11.6. The highest BCUT2D eigenvalue weighted by atomic mass is 19.4. The van der Waals surface area contributed by atoms with Crippen molar-refractivity contribution in [3.05, 3.63) is 47.9 Å². The molecule has 88 valence electrons. The van der Waals surface area contributed by atoms with Crippen LogP contribution >= 0.6 is 0 Å². The number of halogens is 3. The van der Waals surface area contributed by atoms with Crippen molar-refractivity contribution in [2.75, 3.05) is 0 Å². The molecule has 0 saturated carbocycles. The molecule has 0 radical (unpaired) electrons. The van der Waals surface area contributed by atoms with Gasteiger partial charge in [0.15, 0.2) is 0 Å². The standard InChI is InChI=1S/C12H9F3N2/c1-8-6-16-7-17-11(8)9-3-2-4-10(5-9)12(13,14)15/h2-7H,1H3. The van der Waals surface area contributed by atoms with Crippen molar-refractivity contribution in [1.29, 1.82) is 0 Å². The number of hydrogen-bond acceptors (Lipinski definition) is 2. The van der Waals surface area contributed by atoms with E-state index in [1.807, 2.05) is 0 Å². The number of rotatable bonds is 1. The Bertz CT molecular complexity index is 535. The van der Waals surface area contributed by atoms with Gasteiger partial charge in [0, 0.05) is 11.8 Å². The Morgan fingerprint density at radius 3 is 2.59 bits per heavy atom. The molecule has 0 aliphatic heterocycles. The maximum absolute atomic E-state index is 12.6. The van der Waals surface area contributed by atoms with Crippen molar-refractivity contribution in [2.24, 2.45) is 0 Å². The van der Waals surface area contributed by atoms with E-state index in [9.17, 15) is 13.2 Å². The minimum atomic E-state index is -4.34. The molecule has 0 aliphatic carbocycles. The van der Waals surface area contributed by atoms with Crippen LogP contribution in [0.25, 0.3) is 11.3 Å². The van der Waals surface area contributed by atoms with E-state index in [-0.39, 0.29) is 0 Å². The topological polar surface area (TPSA) is 25.8 Å². The summed E-state index contributed by atoms with van der Waals surface area (Å²) in [7, 11) is 0. The van der Waals surface area contributed by atoms with E-state index < -0.39 is 11.7 Å². The molecule has 0 aliphatic rings. The van der Waals surface area contributed by atoms with Crippen LogP contribution in [0, 0.1) is 6.92 Å². The quantitative estimate of drug-likeness (QED) is 0.760. The maximum atomic E-state index is 12.6. The third-order valence-corrected chi connectivity index (χ3v) is 2.36. The fourth-order valence-corrected chi connectivity index (χ4v) is 1.54. The van der Waals surface area contributed by atoms with Crippen molar-refractivity contribution in [1.82, 2.24) is 9.97 Å². The van der Waals surface area contributed by atoms with Crippen LogP contribution in [0.4, 0.5) is 13.2 Å². The van der Waals surface area contributed by atoms with Gasteiger partial charge in [-0.3, -0.25) is 0 Å². The van der Waals surface area contributed by atoms with E-state index >= 15 is 0 Å². The molecule has 0 bridgehead atoms. The van der Waals surface area contributed by atoms with Gasteiger partial charge in [0.2, 0.25) is 0 Å². The first-order valence-electron chi connectivity index (χ1n) is 4.93. The highest BCUT2D eigenvalue weighted by molar-refractivity contribution is 5.63. The minimum absolute atomic E-state index is 0.444. The van der Waals surface area contributed by atoms with Gasteiger partial charge in [0.05, 0.1) is 11.3 Å². The summed E-state index contributed by atoms with van der Waals surface area (Å²) in [5, 5.41) is 0. The van der Waals surface area contributed by atoms with E-state index in [4.69, 9.17) is 0 Å². The van der Waals surface area contributed by atoms with Crippen molar-refractivity contribution >= 4 is 0 Å². The van der Waals surface area contributed by atoms with Crippen molar-refractivity contribution in [3.63, 3.8) is 0 Å². The number of alkyl halides is 3. The Labute approximate surface area is 96.2 Å². The molecule has 0 amide bonds. The second-order valence-corrected chi connectivity index (χ2v) is 3.63. The van der Waals surface area contributed by atoms with Crippen LogP contribution in [0.15, 0.2) is 36.8 Å². The van der Waals surface area contributed by atoms with Crippen LogP contribution in [0.2, 0.25) is 0 Å². The van der Waals surface area contributed by atoms with Crippen LogP contribution in [-0.2, 0) is 6.18 Å². The van der Waals surface area contributed by atoms with Crippen LogP contribution < -0.4 is 0 Å². The zero-order valence-electron chi connectivity index (χ0n) is 8.99. The third kappa shape index (κ3) is 2.43. The predicted molar refractivity (Wildman–Crippen MR) is 57.2 cm³/mol. The summed E-state index contributed by atoms with van der Waals surface area (Å²) in [4.78, 5) is 7.80. The fourth-order valence-electron chi connectivity index (χ4n) is 1.54. The summed E-state index contributed by atoms with van der Waals surface area (Å²) in [6.45, 7) is 1.76. The summed E-state index contributed by atoms with van der Waals surface area (Å²) in [5.74, 6) is 0. The van der Waals surface area contributed by atoms with Crippen LogP contribution in [0.1, 0.15) is 11.1 Å². The average Bonchev–Trinajstić information content (AvgIpc) is 2.29. The van der Waals surface area contributed by atoms with E-state index in [2.05, 4.69) is 9.97 Å². The van der Waals surface area contributed by atoms with Gasteiger partial charge in [-0.25, -0.2) is 9.97 Å². The number of aromatic nitrogens is 2. The normalized spacial score (nSPS) is 11.5. The van der Waals surface area contributed by atoms with Gasteiger partial charge in [-0.05, 0) is 24.6 Å². The van der Waals surface area contributed by atoms with E-state index in [0.29, 0.717) is 11.3 Å². The predicted octanol–water partition coefficient (Wildman–Crippen LogP) is 3.47. The van der Waals surface area contributed by atoms with Gasteiger partial charge in [-0.15, -0.1) is 0 Å². The van der Waals surface area contributed by atoms with Gasteiger partial charge < -0.3 is 0 Å². The summed E-state index contributed by atoms with van der Waals surface area (Å²) in [6.07, 6.45) is -1.44. The molecular formula is C12H9F3N2. The highest BCUT2D eigenvalue weighted by Gasteiger charge is 2.30. The van der Waals surface area contributed by atoms with Gasteiger partial charge in [-0.1, -0.05) is 12.1 Å². The molecule has 17 heavy (non-hydrogen) atoms. The summed E-state index contributed by atoms with van der Waals surface area (Å²) >= 11 is 0. The molecule has 2 nitrogen and oxygen atoms in total. The maximum Gasteiger partial charge on any atom is 0.416 e. The van der Waals surface area contributed by atoms with Crippen molar-refractivity contribution in [2.45, 2.75) is 13.1 Å². The molecule has 0 spiro atoms. The van der Waals surface area contributed by atoms with E-state index in [1.54, 1.807) is 19.2 Å². The smallest absolute Gasteiger partial charge is 0.245 e. The first-order valence-corrected chi connectivity index (χ1v) is 4.93. The Balaban J connectivity index is 2.51. The molecule has 0 unspecified atom stereocenters. The van der Waals surface area contributed by atoms with Gasteiger partial charge >= 0.3 is 6.18 Å². The summed E-state index contributed by atoms with van der Waals surface area (Å²) < 4.78 is 37.7. The minimum Gasteiger partial charge on any atom is -0.245 e. The zero-order chi connectivity index (χ0) is 12.5. The van der Waals surface area contributed by atoms with E-state index in [1.165, 1.54) is 12.4 Å². The van der Waals surface area contributed by atoms with Crippen molar-refractivity contribution in [3.8, 4) is 11.3 Å². The number of aryl methyl sites for hydroxylation is 1. The molecule has 0 atom stereocenters. The number of nitrogens with zero attached hydrogens (tertiary/aromatic N) is 2. The fraction of sp³-hybridized carbons (Fsp3) is 0.167. The molecule has 0 saturated heterocycles. The van der Waals surface area contributed by atoms with Crippen LogP contribution in [0.3, 0.4) is 0 Å². The van der Waals surface area contributed by atoms with E-state index in [0.717, 1.165) is 17.7 Å². The molecule has 2 aromatic rings. The molecule has 1 heterocycles. The Hall–Kier alpha value is -1.91. The Morgan fingerprint density at radius 1 is 1.18 bits per heavy atom. The lowest BCUT2D eigenvalue weighted by Gasteiger charge is -2.09. The molecular weight excluding hydrogens is 229 g/mol. The van der Waals surface area contributed by atoms with Crippen LogP contribution in [-0.4, -0.2) is 9.97 Å². The molecule has 1 aromatic heterocycles. The molecule has 0 N–H and O–H groups in total. The lowest BCUT2D eigenvalue weighted by Crippen LogP contribution is -2.04. The Kier molecular flexibility index (Phi) is 2.83. The third-order valence-electron chi connectivity index (χ3n) is 2.36. The van der Waals surface area contributed by atoms with Gasteiger partial charge in [0.1, 0.15) is 6.33 Å². The molecule has 0 fully saturated rings. The highest BCUT2D eigenvalue weighted by Crippen LogP contribution is 2.32. The second-order valence-electron chi connectivity index (χ2n) is 3.63.